The maximum atomic E-state index is 12.9. The highest BCUT2D eigenvalue weighted by Crippen LogP contribution is 2.19. The molecule has 1 heterocycles. The van der Waals surface area contributed by atoms with Crippen LogP contribution in [0.5, 0.6) is 0 Å². The van der Waals surface area contributed by atoms with Crippen molar-refractivity contribution in [1.82, 2.24) is 15.5 Å². The lowest BCUT2D eigenvalue weighted by Crippen LogP contribution is -2.57. The Morgan fingerprint density at radius 3 is 2.34 bits per heavy atom. The van der Waals surface area contributed by atoms with Gasteiger partial charge in [0.2, 0.25) is 23.6 Å². The molecule has 0 aliphatic carbocycles. The first kappa shape index (κ1) is 27.7. The van der Waals surface area contributed by atoms with Gasteiger partial charge >= 0.3 is 5.97 Å². The largest absolute Gasteiger partial charge is 0.480 e. The quantitative estimate of drug-likeness (QED) is 0.170. The molecule has 5 unspecified atom stereocenters. The third-order valence-electron chi connectivity index (χ3n) is 5.18. The molecular weight excluding hydrogens is 442 g/mol. The van der Waals surface area contributed by atoms with Crippen molar-refractivity contribution in [2.75, 3.05) is 18.6 Å². The summed E-state index contributed by atoms with van der Waals surface area (Å²) < 4.78 is 0. The van der Waals surface area contributed by atoms with Gasteiger partial charge in [0.15, 0.2) is 0 Å². The lowest BCUT2D eigenvalue weighted by Gasteiger charge is -2.29. The summed E-state index contributed by atoms with van der Waals surface area (Å²) in [5.41, 5.74) is 10.9. The molecule has 1 aliphatic rings. The first-order chi connectivity index (χ1) is 15.0. The fourth-order valence-electron chi connectivity index (χ4n) is 3.29. The molecule has 0 spiro atoms. The first-order valence-corrected chi connectivity index (χ1v) is 11.7. The molecule has 0 bridgehead atoms. The Bertz CT molecular complexity index is 706. The van der Waals surface area contributed by atoms with Crippen LogP contribution in [0.4, 0.5) is 0 Å². The number of aliphatic hydroxyl groups excluding tert-OH is 1. The van der Waals surface area contributed by atoms with E-state index in [1.165, 1.54) is 23.6 Å². The van der Waals surface area contributed by atoms with Crippen molar-refractivity contribution in [3.05, 3.63) is 0 Å². The number of amides is 4. The summed E-state index contributed by atoms with van der Waals surface area (Å²) in [6, 6.07) is -4.46. The number of nitrogens with two attached hydrogens (primary N) is 2. The fourth-order valence-corrected chi connectivity index (χ4v) is 3.76. The summed E-state index contributed by atoms with van der Waals surface area (Å²) in [4.78, 5) is 62.0. The number of nitrogens with zero attached hydrogens (tertiary/aromatic N) is 1. The van der Waals surface area contributed by atoms with Gasteiger partial charge in [0.1, 0.15) is 24.2 Å². The van der Waals surface area contributed by atoms with Gasteiger partial charge in [-0.15, -0.1) is 0 Å². The highest BCUT2D eigenvalue weighted by molar-refractivity contribution is 7.98. The van der Waals surface area contributed by atoms with Crippen molar-refractivity contribution in [3.8, 4) is 0 Å². The van der Waals surface area contributed by atoms with Crippen molar-refractivity contribution in [3.63, 3.8) is 0 Å². The molecule has 1 rings (SSSR count). The van der Waals surface area contributed by atoms with E-state index in [0.717, 1.165) is 0 Å². The van der Waals surface area contributed by atoms with Gasteiger partial charge in [-0.05, 0) is 44.6 Å². The van der Waals surface area contributed by atoms with Crippen molar-refractivity contribution in [2.45, 2.75) is 69.3 Å². The van der Waals surface area contributed by atoms with Crippen molar-refractivity contribution in [1.29, 1.82) is 0 Å². The highest BCUT2D eigenvalue weighted by atomic mass is 32.2. The van der Waals surface area contributed by atoms with E-state index in [9.17, 15) is 34.2 Å². The topological polar surface area (TPSA) is 205 Å². The molecule has 1 saturated heterocycles. The maximum absolute atomic E-state index is 12.9. The molecule has 0 aromatic carbocycles. The Hall–Kier alpha value is -2.38. The molecule has 1 aliphatic heterocycles. The zero-order valence-corrected chi connectivity index (χ0v) is 19.1. The van der Waals surface area contributed by atoms with Crippen LogP contribution < -0.4 is 22.1 Å². The zero-order chi connectivity index (χ0) is 24.4. The van der Waals surface area contributed by atoms with E-state index in [4.69, 9.17) is 11.5 Å². The number of nitrogens with one attached hydrogen (secondary N) is 2. The number of hydrogen-bond donors (Lipinski definition) is 6. The van der Waals surface area contributed by atoms with Crippen molar-refractivity contribution < 1.29 is 34.2 Å². The molecule has 0 aromatic rings. The second kappa shape index (κ2) is 13.2. The van der Waals surface area contributed by atoms with Crippen LogP contribution in [0.1, 0.15) is 39.0 Å². The van der Waals surface area contributed by atoms with Crippen LogP contribution >= 0.6 is 11.8 Å². The average Bonchev–Trinajstić information content (AvgIpc) is 3.22. The third-order valence-corrected chi connectivity index (χ3v) is 5.82. The van der Waals surface area contributed by atoms with Gasteiger partial charge in [-0.1, -0.05) is 0 Å². The molecule has 8 N–H and O–H groups in total. The number of hydrogen-bond acceptors (Lipinski definition) is 8. The number of rotatable bonds is 13. The number of carbonyl (C=O) groups excluding carboxylic acids is 4. The molecule has 32 heavy (non-hydrogen) atoms. The van der Waals surface area contributed by atoms with E-state index in [1.54, 1.807) is 6.26 Å². The fraction of sp³-hybridized carbons (Fsp3) is 0.737. The summed E-state index contributed by atoms with van der Waals surface area (Å²) in [5.74, 6) is -3.38. The first-order valence-electron chi connectivity index (χ1n) is 10.3. The molecule has 0 aromatic heterocycles. The Balaban J connectivity index is 2.93. The molecule has 0 radical (unpaired) electrons. The number of likely N-dealkylation sites (tertiary alicyclic amines) is 1. The predicted octanol–water partition coefficient (Wildman–Crippen LogP) is -2.24. The zero-order valence-electron chi connectivity index (χ0n) is 18.3. The molecule has 13 heteroatoms. The summed E-state index contributed by atoms with van der Waals surface area (Å²) in [5, 5.41) is 23.8. The van der Waals surface area contributed by atoms with E-state index in [1.807, 2.05) is 0 Å². The Kier molecular flexibility index (Phi) is 11.4. The Morgan fingerprint density at radius 1 is 1.16 bits per heavy atom. The number of aliphatic carboxylic acids is 1. The monoisotopic (exact) mass is 475 g/mol. The summed E-state index contributed by atoms with van der Waals surface area (Å²) in [6.45, 7) is 1.64. The minimum Gasteiger partial charge on any atom is -0.480 e. The minimum atomic E-state index is -1.22. The van der Waals surface area contributed by atoms with E-state index >= 15 is 0 Å². The van der Waals surface area contributed by atoms with Crippen LogP contribution in [0.25, 0.3) is 0 Å². The van der Waals surface area contributed by atoms with Gasteiger partial charge in [-0.3, -0.25) is 19.2 Å². The average molecular weight is 476 g/mol. The van der Waals surface area contributed by atoms with Gasteiger partial charge < -0.3 is 37.2 Å². The second-order valence-corrected chi connectivity index (χ2v) is 8.69. The standard InChI is InChI=1S/C19H33N5O7S/c1-10(25)15(21)18(29)24-8-3-4-13(24)17(28)22-11(5-6-14(20)26)16(27)23-12(19(30)31)7-9-32-2/h10-13,15,25H,3-9,21H2,1-2H3,(H2,20,26)(H,22,28)(H,23,27)(H,30,31). The van der Waals surface area contributed by atoms with Gasteiger partial charge in [0.25, 0.3) is 0 Å². The van der Waals surface area contributed by atoms with Gasteiger partial charge in [-0.25, -0.2) is 4.79 Å². The molecule has 4 amide bonds. The SMILES string of the molecule is CSCCC(NC(=O)C(CCC(N)=O)NC(=O)C1CCCN1C(=O)C(N)C(C)O)C(=O)O. The van der Waals surface area contributed by atoms with Crippen molar-refractivity contribution >= 4 is 41.4 Å². The smallest absolute Gasteiger partial charge is 0.326 e. The van der Waals surface area contributed by atoms with E-state index < -0.39 is 59.9 Å². The van der Waals surface area contributed by atoms with E-state index in [-0.39, 0.29) is 25.8 Å². The lowest BCUT2D eigenvalue weighted by atomic mass is 10.1. The molecule has 1 fully saturated rings. The maximum Gasteiger partial charge on any atom is 0.326 e. The molecule has 0 saturated carbocycles. The summed E-state index contributed by atoms with van der Waals surface area (Å²) in [6.07, 6.45) is 1.41. The number of aliphatic hydroxyl groups is 1. The normalized spacial score (nSPS) is 19.5. The molecule has 12 nitrogen and oxygen atoms in total. The number of primary amides is 1. The highest BCUT2D eigenvalue weighted by Gasteiger charge is 2.38. The van der Waals surface area contributed by atoms with Gasteiger partial charge in [-0.2, -0.15) is 11.8 Å². The van der Waals surface area contributed by atoms with Crippen LogP contribution in [-0.4, -0.2) is 93.5 Å². The molecular formula is C19H33N5O7S. The second-order valence-electron chi connectivity index (χ2n) is 7.70. The summed E-state index contributed by atoms with van der Waals surface area (Å²) >= 11 is 1.42. The van der Waals surface area contributed by atoms with Gasteiger partial charge in [0.05, 0.1) is 6.10 Å². The third kappa shape index (κ3) is 8.28. The molecule has 5 atom stereocenters. The van der Waals surface area contributed by atoms with E-state index in [2.05, 4.69) is 10.6 Å². The Morgan fingerprint density at radius 2 is 1.81 bits per heavy atom. The Labute approximate surface area is 190 Å². The molecule has 182 valence electrons. The number of carboxylic acids is 1. The predicted molar refractivity (Wildman–Crippen MR) is 117 cm³/mol. The van der Waals surface area contributed by atoms with Crippen LogP contribution in [0.3, 0.4) is 0 Å². The van der Waals surface area contributed by atoms with Gasteiger partial charge in [0, 0.05) is 13.0 Å². The van der Waals surface area contributed by atoms with Crippen LogP contribution in [0, 0.1) is 0 Å². The number of thioether (sulfide) groups is 1. The van der Waals surface area contributed by atoms with E-state index in [0.29, 0.717) is 18.6 Å². The van der Waals surface area contributed by atoms with Crippen LogP contribution in [-0.2, 0) is 24.0 Å². The number of carbonyl (C=O) groups is 5. The summed E-state index contributed by atoms with van der Waals surface area (Å²) in [7, 11) is 0. The van der Waals surface area contributed by atoms with Crippen LogP contribution in [0.15, 0.2) is 0 Å². The minimum absolute atomic E-state index is 0.129. The van der Waals surface area contributed by atoms with Crippen LogP contribution in [0.2, 0.25) is 0 Å². The number of carboxylic acid groups (broad SMARTS) is 1. The van der Waals surface area contributed by atoms with Crippen molar-refractivity contribution in [2.24, 2.45) is 11.5 Å². The lowest BCUT2D eigenvalue weighted by molar-refractivity contribution is -0.143.